The Kier molecular flexibility index (Phi) is 5.31. The molecule has 1 aromatic rings. The summed E-state index contributed by atoms with van der Waals surface area (Å²) < 4.78 is 33.4. The predicted octanol–water partition coefficient (Wildman–Crippen LogP) is 2.55. The van der Waals surface area contributed by atoms with Crippen LogP contribution < -0.4 is 10.2 Å². The van der Waals surface area contributed by atoms with Gasteiger partial charge in [0.05, 0.1) is 6.61 Å². The minimum absolute atomic E-state index is 0.101. The number of benzene rings is 1. The lowest BCUT2D eigenvalue weighted by molar-refractivity contribution is 0.161. The Hall–Kier alpha value is -1.20. The first-order valence-electron chi connectivity index (χ1n) is 7.08. The van der Waals surface area contributed by atoms with Crippen LogP contribution in [0.1, 0.15) is 18.9 Å². The lowest BCUT2D eigenvalue weighted by Gasteiger charge is -2.20. The smallest absolute Gasteiger partial charge is 0.149 e. The van der Waals surface area contributed by atoms with Crippen molar-refractivity contribution in [1.29, 1.82) is 0 Å². The van der Waals surface area contributed by atoms with Gasteiger partial charge >= 0.3 is 0 Å². The van der Waals surface area contributed by atoms with E-state index in [4.69, 9.17) is 4.74 Å². The molecular weight excluding hydrogens is 262 g/mol. The molecule has 2 rings (SSSR count). The van der Waals surface area contributed by atoms with Crippen LogP contribution >= 0.6 is 0 Å². The summed E-state index contributed by atoms with van der Waals surface area (Å²) in [6.07, 6.45) is 0.909. The van der Waals surface area contributed by atoms with E-state index in [1.807, 2.05) is 6.92 Å². The molecule has 1 aromatic carbocycles. The van der Waals surface area contributed by atoms with E-state index in [1.54, 1.807) is 12.0 Å². The van der Waals surface area contributed by atoms with Gasteiger partial charge in [-0.3, -0.25) is 0 Å². The molecule has 1 heterocycles. The van der Waals surface area contributed by atoms with Crippen LogP contribution in [0.15, 0.2) is 12.1 Å². The Morgan fingerprint density at radius 3 is 2.65 bits per heavy atom. The Morgan fingerprint density at radius 1 is 1.35 bits per heavy atom. The highest BCUT2D eigenvalue weighted by atomic mass is 19.1. The molecule has 0 bridgehead atoms. The summed E-state index contributed by atoms with van der Waals surface area (Å²) in [7, 11) is 1.65. The molecule has 1 aliphatic heterocycles. The molecule has 1 fully saturated rings. The summed E-state index contributed by atoms with van der Waals surface area (Å²) >= 11 is 0. The maximum Gasteiger partial charge on any atom is 0.149 e. The monoisotopic (exact) mass is 284 g/mol. The van der Waals surface area contributed by atoms with Crippen molar-refractivity contribution >= 4 is 5.69 Å². The maximum absolute atomic E-state index is 14.2. The van der Waals surface area contributed by atoms with E-state index in [1.165, 1.54) is 12.1 Å². The standard InChI is InChI=1S/C15H22F2N2O/c1-3-18-8-12-6-13(16)15(14(17)7-12)19-5-4-11(9-19)10-20-2/h6-7,11,18H,3-5,8-10H2,1-2H3. The van der Waals surface area contributed by atoms with Crippen molar-refractivity contribution in [1.82, 2.24) is 5.32 Å². The Labute approximate surface area is 118 Å². The topological polar surface area (TPSA) is 24.5 Å². The van der Waals surface area contributed by atoms with Crippen molar-refractivity contribution in [2.45, 2.75) is 19.9 Å². The van der Waals surface area contributed by atoms with Crippen LogP contribution in [-0.2, 0) is 11.3 Å². The van der Waals surface area contributed by atoms with E-state index >= 15 is 0 Å². The van der Waals surface area contributed by atoms with E-state index in [-0.39, 0.29) is 5.69 Å². The molecule has 0 radical (unpaired) electrons. The zero-order valence-electron chi connectivity index (χ0n) is 12.1. The van der Waals surface area contributed by atoms with Gasteiger partial charge in [-0.15, -0.1) is 0 Å². The molecule has 112 valence electrons. The molecule has 1 saturated heterocycles. The lowest BCUT2D eigenvalue weighted by atomic mass is 10.1. The Balaban J connectivity index is 2.12. The highest BCUT2D eigenvalue weighted by molar-refractivity contribution is 5.51. The van der Waals surface area contributed by atoms with Gasteiger partial charge in [0.25, 0.3) is 0 Å². The normalized spacial score (nSPS) is 18.8. The summed E-state index contributed by atoms with van der Waals surface area (Å²) in [5, 5.41) is 3.07. The second-order valence-electron chi connectivity index (χ2n) is 5.24. The molecule has 5 heteroatoms. The summed E-state index contributed by atoms with van der Waals surface area (Å²) in [6, 6.07) is 2.84. The molecule has 1 unspecified atom stereocenters. The average Bonchev–Trinajstić information content (AvgIpc) is 2.84. The number of anilines is 1. The zero-order valence-corrected chi connectivity index (χ0v) is 12.1. The third-order valence-corrected chi connectivity index (χ3v) is 3.66. The highest BCUT2D eigenvalue weighted by Gasteiger charge is 2.27. The van der Waals surface area contributed by atoms with Gasteiger partial charge in [-0.25, -0.2) is 8.78 Å². The molecule has 0 saturated carbocycles. The minimum atomic E-state index is -0.476. The van der Waals surface area contributed by atoms with Gasteiger partial charge in [-0.1, -0.05) is 6.92 Å². The number of hydrogen-bond acceptors (Lipinski definition) is 3. The van der Waals surface area contributed by atoms with Crippen molar-refractivity contribution in [3.63, 3.8) is 0 Å². The molecule has 0 aromatic heterocycles. The number of methoxy groups -OCH3 is 1. The van der Waals surface area contributed by atoms with Crippen molar-refractivity contribution < 1.29 is 13.5 Å². The fourth-order valence-corrected chi connectivity index (χ4v) is 2.70. The van der Waals surface area contributed by atoms with Gasteiger partial charge in [0, 0.05) is 32.7 Å². The molecule has 0 spiro atoms. The van der Waals surface area contributed by atoms with Gasteiger partial charge in [-0.2, -0.15) is 0 Å². The summed E-state index contributed by atoms with van der Waals surface area (Å²) in [6.45, 7) is 5.18. The second-order valence-corrected chi connectivity index (χ2v) is 5.24. The molecule has 3 nitrogen and oxygen atoms in total. The third-order valence-electron chi connectivity index (χ3n) is 3.66. The van der Waals surface area contributed by atoms with E-state index in [9.17, 15) is 8.78 Å². The lowest BCUT2D eigenvalue weighted by Crippen LogP contribution is -2.23. The molecular formula is C15H22F2N2O. The molecule has 1 atom stereocenters. The van der Waals surface area contributed by atoms with Crippen molar-refractivity contribution in [3.05, 3.63) is 29.3 Å². The predicted molar refractivity (Wildman–Crippen MR) is 75.9 cm³/mol. The SMILES string of the molecule is CCNCc1cc(F)c(N2CCC(COC)C2)c(F)c1. The van der Waals surface area contributed by atoms with Crippen LogP contribution in [-0.4, -0.2) is 33.4 Å². The largest absolute Gasteiger partial charge is 0.384 e. The molecule has 1 aliphatic rings. The summed E-state index contributed by atoms with van der Waals surface area (Å²) in [5.41, 5.74) is 0.738. The zero-order chi connectivity index (χ0) is 14.5. The summed E-state index contributed by atoms with van der Waals surface area (Å²) in [5.74, 6) is -0.604. The maximum atomic E-state index is 14.2. The van der Waals surface area contributed by atoms with Crippen LogP contribution in [0.3, 0.4) is 0 Å². The number of nitrogens with one attached hydrogen (secondary N) is 1. The van der Waals surface area contributed by atoms with Crippen LogP contribution in [0.4, 0.5) is 14.5 Å². The van der Waals surface area contributed by atoms with Crippen LogP contribution in [0.2, 0.25) is 0 Å². The quantitative estimate of drug-likeness (QED) is 0.869. The van der Waals surface area contributed by atoms with Crippen molar-refractivity contribution in [2.24, 2.45) is 5.92 Å². The third kappa shape index (κ3) is 3.46. The number of halogens is 2. The molecule has 1 N–H and O–H groups in total. The highest BCUT2D eigenvalue weighted by Crippen LogP contribution is 2.30. The second kappa shape index (κ2) is 6.99. The Morgan fingerprint density at radius 2 is 2.05 bits per heavy atom. The number of nitrogens with zero attached hydrogens (tertiary/aromatic N) is 1. The summed E-state index contributed by atoms with van der Waals surface area (Å²) in [4.78, 5) is 1.78. The Bertz CT molecular complexity index is 430. The van der Waals surface area contributed by atoms with E-state index in [0.717, 1.165) is 13.0 Å². The number of ether oxygens (including phenoxy) is 1. The fraction of sp³-hybridized carbons (Fsp3) is 0.600. The van der Waals surface area contributed by atoms with Crippen molar-refractivity contribution in [3.8, 4) is 0 Å². The van der Waals surface area contributed by atoms with Gasteiger partial charge in [-0.05, 0) is 30.7 Å². The van der Waals surface area contributed by atoms with E-state index in [0.29, 0.717) is 37.7 Å². The molecule has 0 aliphatic carbocycles. The molecule has 0 amide bonds. The average molecular weight is 284 g/mol. The van der Waals surface area contributed by atoms with Gasteiger partial charge in [0.2, 0.25) is 0 Å². The van der Waals surface area contributed by atoms with E-state index in [2.05, 4.69) is 5.32 Å². The van der Waals surface area contributed by atoms with Gasteiger partial charge in [0.1, 0.15) is 17.3 Å². The number of rotatable bonds is 6. The van der Waals surface area contributed by atoms with Crippen LogP contribution in [0.25, 0.3) is 0 Å². The van der Waals surface area contributed by atoms with Crippen LogP contribution in [0, 0.1) is 17.6 Å². The van der Waals surface area contributed by atoms with Gasteiger partial charge < -0.3 is 15.0 Å². The molecule has 20 heavy (non-hydrogen) atoms. The van der Waals surface area contributed by atoms with Gasteiger partial charge in [0.15, 0.2) is 0 Å². The van der Waals surface area contributed by atoms with Crippen LogP contribution in [0.5, 0.6) is 0 Å². The fourth-order valence-electron chi connectivity index (χ4n) is 2.70. The number of hydrogen-bond donors (Lipinski definition) is 1. The minimum Gasteiger partial charge on any atom is -0.384 e. The van der Waals surface area contributed by atoms with E-state index < -0.39 is 11.6 Å². The van der Waals surface area contributed by atoms with Crippen molar-refractivity contribution in [2.75, 3.05) is 38.3 Å². The first-order chi connectivity index (χ1) is 9.65. The first kappa shape index (κ1) is 15.2. The first-order valence-corrected chi connectivity index (χ1v) is 7.08.